The molecule has 24 heavy (non-hydrogen) atoms. The first-order chi connectivity index (χ1) is 11.8. The van der Waals surface area contributed by atoms with Gasteiger partial charge >= 0.3 is 0 Å². The van der Waals surface area contributed by atoms with E-state index in [1.165, 1.54) is 11.1 Å². The van der Waals surface area contributed by atoms with Gasteiger partial charge in [0, 0.05) is 13.0 Å². The van der Waals surface area contributed by atoms with Crippen LogP contribution in [0.5, 0.6) is 0 Å². The summed E-state index contributed by atoms with van der Waals surface area (Å²) in [6.45, 7) is 1.15. The summed E-state index contributed by atoms with van der Waals surface area (Å²) in [5.41, 5.74) is 2.45. The van der Waals surface area contributed by atoms with Crippen LogP contribution in [0.2, 0.25) is 0 Å². The van der Waals surface area contributed by atoms with Crippen LogP contribution < -0.4 is 0 Å². The molecule has 0 unspecified atom stereocenters. The van der Waals surface area contributed by atoms with Crippen LogP contribution in [0.4, 0.5) is 0 Å². The molecular formula is C20H21NO2S. The predicted molar refractivity (Wildman–Crippen MR) is 96.7 cm³/mol. The van der Waals surface area contributed by atoms with E-state index in [1.807, 2.05) is 40.6 Å². The Bertz CT molecular complexity index is 684. The number of benzene rings is 1. The molecule has 0 saturated carbocycles. The van der Waals surface area contributed by atoms with Gasteiger partial charge in [0.25, 0.3) is 0 Å². The van der Waals surface area contributed by atoms with E-state index in [0.29, 0.717) is 19.5 Å². The van der Waals surface area contributed by atoms with Gasteiger partial charge in [0.2, 0.25) is 5.91 Å². The van der Waals surface area contributed by atoms with Crippen LogP contribution in [0.25, 0.3) is 0 Å². The highest BCUT2D eigenvalue weighted by atomic mass is 32.1. The van der Waals surface area contributed by atoms with E-state index >= 15 is 0 Å². The number of aryl methyl sites for hydroxylation is 1. The van der Waals surface area contributed by atoms with Gasteiger partial charge in [0.15, 0.2) is 0 Å². The highest BCUT2D eigenvalue weighted by Gasteiger charge is 2.16. The van der Waals surface area contributed by atoms with Crippen molar-refractivity contribution in [3.8, 4) is 0 Å². The van der Waals surface area contributed by atoms with Crippen molar-refractivity contribution in [2.45, 2.75) is 32.4 Å². The molecule has 2 heterocycles. The zero-order chi connectivity index (χ0) is 16.6. The molecule has 0 aliphatic rings. The Kier molecular flexibility index (Phi) is 5.85. The minimum Gasteiger partial charge on any atom is -0.467 e. The normalized spacial score (nSPS) is 10.7. The van der Waals surface area contributed by atoms with Gasteiger partial charge in [-0.25, -0.2) is 0 Å². The first-order valence-corrected chi connectivity index (χ1v) is 9.11. The SMILES string of the molecule is O=C(CCCc1ccccc1)N(Cc1ccsc1)Cc1ccco1. The van der Waals surface area contributed by atoms with E-state index in [4.69, 9.17) is 4.42 Å². The van der Waals surface area contributed by atoms with Gasteiger partial charge in [-0.15, -0.1) is 0 Å². The van der Waals surface area contributed by atoms with E-state index in [2.05, 4.69) is 23.6 Å². The average molecular weight is 339 g/mol. The van der Waals surface area contributed by atoms with Gasteiger partial charge in [-0.1, -0.05) is 30.3 Å². The first-order valence-electron chi connectivity index (χ1n) is 8.16. The van der Waals surface area contributed by atoms with Gasteiger partial charge < -0.3 is 9.32 Å². The van der Waals surface area contributed by atoms with Crippen molar-refractivity contribution >= 4 is 17.2 Å². The Balaban J connectivity index is 1.57. The van der Waals surface area contributed by atoms with Crippen molar-refractivity contribution in [1.29, 1.82) is 0 Å². The number of carbonyl (C=O) groups excluding carboxylic acids is 1. The fourth-order valence-corrected chi connectivity index (χ4v) is 3.33. The molecule has 124 valence electrons. The summed E-state index contributed by atoms with van der Waals surface area (Å²) in [4.78, 5) is 14.6. The highest BCUT2D eigenvalue weighted by Crippen LogP contribution is 2.15. The van der Waals surface area contributed by atoms with Crippen molar-refractivity contribution in [1.82, 2.24) is 4.90 Å². The molecule has 1 amide bonds. The third-order valence-corrected chi connectivity index (χ3v) is 4.66. The molecule has 3 aromatic rings. The number of thiophene rings is 1. The third-order valence-electron chi connectivity index (χ3n) is 3.93. The lowest BCUT2D eigenvalue weighted by Gasteiger charge is -2.21. The first kappa shape index (κ1) is 16.5. The average Bonchev–Trinajstić information content (AvgIpc) is 3.29. The summed E-state index contributed by atoms with van der Waals surface area (Å²) in [5.74, 6) is 0.996. The minimum atomic E-state index is 0.175. The number of rotatable bonds is 8. The van der Waals surface area contributed by atoms with E-state index in [-0.39, 0.29) is 5.91 Å². The van der Waals surface area contributed by atoms with Crippen molar-refractivity contribution in [3.05, 3.63) is 82.4 Å². The number of carbonyl (C=O) groups is 1. The quantitative estimate of drug-likeness (QED) is 0.585. The Morgan fingerprint density at radius 2 is 1.88 bits per heavy atom. The number of amides is 1. The summed E-state index contributed by atoms with van der Waals surface area (Å²) in [6, 6.07) is 16.1. The van der Waals surface area contributed by atoms with Gasteiger partial charge in [-0.05, 0) is 52.9 Å². The largest absolute Gasteiger partial charge is 0.467 e. The maximum Gasteiger partial charge on any atom is 0.223 e. The zero-order valence-corrected chi connectivity index (χ0v) is 14.4. The van der Waals surface area contributed by atoms with Gasteiger partial charge in [0.05, 0.1) is 12.8 Å². The summed E-state index contributed by atoms with van der Waals surface area (Å²) in [6.07, 6.45) is 4.00. The molecule has 0 radical (unpaired) electrons. The monoisotopic (exact) mass is 339 g/mol. The standard InChI is InChI=1S/C20H21NO2S/c22-20(10-4-8-17-6-2-1-3-7-17)21(14-18-11-13-24-16-18)15-19-9-5-12-23-19/h1-3,5-7,9,11-13,16H,4,8,10,14-15H2. The van der Waals surface area contributed by atoms with Crippen LogP contribution in [-0.4, -0.2) is 10.8 Å². The third kappa shape index (κ3) is 4.83. The molecule has 3 rings (SSSR count). The van der Waals surface area contributed by atoms with Crippen molar-refractivity contribution in [2.24, 2.45) is 0 Å². The topological polar surface area (TPSA) is 33.5 Å². The fourth-order valence-electron chi connectivity index (χ4n) is 2.67. The van der Waals surface area contributed by atoms with Gasteiger partial charge in [-0.2, -0.15) is 11.3 Å². The lowest BCUT2D eigenvalue weighted by atomic mass is 10.1. The zero-order valence-electron chi connectivity index (χ0n) is 13.6. The Morgan fingerprint density at radius 1 is 1.00 bits per heavy atom. The summed E-state index contributed by atoms with van der Waals surface area (Å²) in [7, 11) is 0. The molecule has 0 aliphatic heterocycles. The van der Waals surface area contributed by atoms with Crippen LogP contribution in [0.3, 0.4) is 0 Å². The number of hydrogen-bond acceptors (Lipinski definition) is 3. The highest BCUT2D eigenvalue weighted by molar-refractivity contribution is 7.07. The van der Waals surface area contributed by atoms with E-state index < -0.39 is 0 Å². The molecule has 0 N–H and O–H groups in total. The molecule has 0 fully saturated rings. The molecule has 0 bridgehead atoms. The number of nitrogens with zero attached hydrogens (tertiary/aromatic N) is 1. The second kappa shape index (κ2) is 8.50. The van der Waals surface area contributed by atoms with Crippen LogP contribution in [0, 0.1) is 0 Å². The summed E-state index contributed by atoms with van der Waals surface area (Å²) >= 11 is 1.65. The van der Waals surface area contributed by atoms with E-state index in [1.54, 1.807) is 17.6 Å². The maximum atomic E-state index is 12.7. The Morgan fingerprint density at radius 3 is 2.58 bits per heavy atom. The van der Waals surface area contributed by atoms with Crippen molar-refractivity contribution in [2.75, 3.05) is 0 Å². The molecule has 2 aromatic heterocycles. The maximum absolute atomic E-state index is 12.7. The number of hydrogen-bond donors (Lipinski definition) is 0. The minimum absolute atomic E-state index is 0.175. The molecule has 1 aromatic carbocycles. The molecule has 0 aliphatic carbocycles. The Labute approximate surface area is 146 Å². The molecule has 3 nitrogen and oxygen atoms in total. The van der Waals surface area contributed by atoms with E-state index in [9.17, 15) is 4.79 Å². The molecule has 4 heteroatoms. The molecular weight excluding hydrogens is 318 g/mol. The van der Waals surface area contributed by atoms with Gasteiger partial charge in [-0.3, -0.25) is 4.79 Å². The van der Waals surface area contributed by atoms with Crippen molar-refractivity contribution in [3.63, 3.8) is 0 Å². The fraction of sp³-hybridized carbons (Fsp3) is 0.250. The summed E-state index contributed by atoms with van der Waals surface area (Å²) < 4.78 is 5.42. The van der Waals surface area contributed by atoms with Crippen LogP contribution in [0.15, 0.2) is 70.0 Å². The van der Waals surface area contributed by atoms with E-state index in [0.717, 1.165) is 18.6 Å². The van der Waals surface area contributed by atoms with Crippen LogP contribution >= 0.6 is 11.3 Å². The number of furan rings is 1. The van der Waals surface area contributed by atoms with Crippen LogP contribution in [-0.2, 0) is 24.3 Å². The predicted octanol–water partition coefficient (Wildman–Crippen LogP) is 4.89. The molecule has 0 spiro atoms. The lowest BCUT2D eigenvalue weighted by Crippen LogP contribution is -2.29. The van der Waals surface area contributed by atoms with Crippen molar-refractivity contribution < 1.29 is 9.21 Å². The summed E-state index contributed by atoms with van der Waals surface area (Å²) in [5, 5.41) is 4.13. The van der Waals surface area contributed by atoms with Crippen LogP contribution in [0.1, 0.15) is 29.7 Å². The molecule has 0 saturated heterocycles. The smallest absolute Gasteiger partial charge is 0.223 e. The van der Waals surface area contributed by atoms with Gasteiger partial charge in [0.1, 0.15) is 5.76 Å². The lowest BCUT2D eigenvalue weighted by molar-refractivity contribution is -0.132. The second-order valence-electron chi connectivity index (χ2n) is 5.80. The Hall–Kier alpha value is -2.33. The molecule has 0 atom stereocenters. The second-order valence-corrected chi connectivity index (χ2v) is 6.58.